The van der Waals surface area contributed by atoms with Gasteiger partial charge in [0.05, 0.1) is 13.2 Å². The van der Waals surface area contributed by atoms with E-state index in [4.69, 9.17) is 24.3 Å². The summed E-state index contributed by atoms with van der Waals surface area (Å²) < 4.78 is 32.5. The van der Waals surface area contributed by atoms with Crippen LogP contribution in [0, 0.1) is 0 Å². The van der Waals surface area contributed by atoms with Gasteiger partial charge in [0.2, 0.25) is 0 Å². The number of carbonyl (C=O) groups is 2. The summed E-state index contributed by atoms with van der Waals surface area (Å²) in [5.74, 6) is -0.953. The average Bonchev–Trinajstić information content (AvgIpc) is 3.10. The van der Waals surface area contributed by atoms with E-state index >= 15 is 0 Å². The molecule has 0 bridgehead atoms. The second-order valence-corrected chi connectivity index (χ2v) is 13.5. The minimum absolute atomic E-state index is 0.0375. The van der Waals surface area contributed by atoms with Crippen molar-refractivity contribution in [1.29, 1.82) is 0 Å². The Labute approximate surface area is 303 Å². The van der Waals surface area contributed by atoms with Gasteiger partial charge in [-0.15, -0.1) is 0 Å². The monoisotopic (exact) mass is 721 g/mol. The van der Waals surface area contributed by atoms with Crippen LogP contribution in [0.15, 0.2) is 72.9 Å². The number of ether oxygens (including phenoxy) is 2. The van der Waals surface area contributed by atoms with Crippen LogP contribution in [0.4, 0.5) is 0 Å². The summed E-state index contributed by atoms with van der Waals surface area (Å²) in [7, 11) is -4.40. The molecule has 50 heavy (non-hydrogen) atoms. The van der Waals surface area contributed by atoms with E-state index < -0.39 is 32.5 Å². The summed E-state index contributed by atoms with van der Waals surface area (Å²) in [6, 6.07) is 0. The van der Waals surface area contributed by atoms with E-state index in [0.717, 1.165) is 57.8 Å². The van der Waals surface area contributed by atoms with Gasteiger partial charge in [-0.05, 0) is 70.6 Å². The van der Waals surface area contributed by atoms with E-state index in [9.17, 15) is 19.0 Å². The summed E-state index contributed by atoms with van der Waals surface area (Å²) in [6.45, 7) is 3.47. The molecule has 0 aromatic heterocycles. The third-order valence-electron chi connectivity index (χ3n) is 7.34. The lowest BCUT2D eigenvalue weighted by molar-refractivity contribution is -0.161. The minimum atomic E-state index is -4.40. The fourth-order valence-electron chi connectivity index (χ4n) is 4.56. The second-order valence-electron chi connectivity index (χ2n) is 12.1. The van der Waals surface area contributed by atoms with Crippen molar-refractivity contribution < 1.29 is 37.6 Å². The normalized spacial score (nSPS) is 14.2. The highest BCUT2D eigenvalue weighted by atomic mass is 31.2. The lowest BCUT2D eigenvalue weighted by Crippen LogP contribution is -2.29. The van der Waals surface area contributed by atoms with Gasteiger partial charge < -0.3 is 20.1 Å². The molecule has 2 unspecified atom stereocenters. The standard InChI is InChI=1S/C40H68NO8P/c1-3-5-7-9-11-13-15-17-18-19-21-22-24-26-28-30-32-39(42)46-36-38(37-48-50(44,45)47-35-34-41)49-40(43)33-31-29-27-25-23-20-16-14-12-10-8-6-4-2/h5,7,11,13,17-18,20-23,27,29,38H,3-4,6,8-10,12,14-16,19,24-26,28,30-37,41H2,1-2H3,(H,44,45)/b7-5+,13-11+,18-17+,22-21+,23-20+,29-27+. The quantitative estimate of drug-likeness (QED) is 0.0288. The summed E-state index contributed by atoms with van der Waals surface area (Å²) in [5.41, 5.74) is 5.32. The number of hydrogen-bond donors (Lipinski definition) is 2. The molecule has 286 valence electrons. The van der Waals surface area contributed by atoms with Crippen LogP contribution in [0.5, 0.6) is 0 Å². The van der Waals surface area contributed by atoms with Crippen LogP contribution in [0.2, 0.25) is 0 Å². The van der Waals surface area contributed by atoms with Crippen molar-refractivity contribution >= 4 is 19.8 Å². The summed E-state index contributed by atoms with van der Waals surface area (Å²) in [6.07, 6.45) is 42.4. The Morgan fingerprint density at radius 3 is 1.72 bits per heavy atom. The maximum absolute atomic E-state index is 12.5. The summed E-state index contributed by atoms with van der Waals surface area (Å²) >= 11 is 0. The number of hydrogen-bond acceptors (Lipinski definition) is 8. The maximum Gasteiger partial charge on any atom is 0.472 e. The SMILES string of the molecule is CC/C=C/C/C=C/C/C=C/C/C=C/CCCCCC(=O)OCC(COP(=O)(O)OCCN)OC(=O)CC/C=C/C/C=C/CCCCCCCC. The van der Waals surface area contributed by atoms with Gasteiger partial charge in [0.1, 0.15) is 6.61 Å². The molecule has 0 saturated heterocycles. The molecule has 0 rings (SSSR count). The Bertz CT molecular complexity index is 1050. The molecular formula is C40H68NO8P. The number of esters is 2. The van der Waals surface area contributed by atoms with Crippen molar-refractivity contribution in [2.75, 3.05) is 26.4 Å². The van der Waals surface area contributed by atoms with E-state index in [1.165, 1.54) is 38.5 Å². The molecular weight excluding hydrogens is 653 g/mol. The molecule has 0 saturated carbocycles. The topological polar surface area (TPSA) is 134 Å². The van der Waals surface area contributed by atoms with Gasteiger partial charge in [-0.25, -0.2) is 4.57 Å². The molecule has 0 aromatic rings. The summed E-state index contributed by atoms with van der Waals surface area (Å²) in [5, 5.41) is 0. The van der Waals surface area contributed by atoms with Gasteiger partial charge in [-0.1, -0.05) is 125 Å². The fraction of sp³-hybridized carbons (Fsp3) is 0.650. The first-order valence-corrected chi connectivity index (χ1v) is 20.4. The molecule has 0 aliphatic carbocycles. The number of allylic oxidation sites excluding steroid dienone is 12. The molecule has 0 aliphatic rings. The Balaban J connectivity index is 4.38. The highest BCUT2D eigenvalue weighted by Crippen LogP contribution is 2.43. The van der Waals surface area contributed by atoms with Crippen LogP contribution in [-0.2, 0) is 32.7 Å². The number of phosphoric ester groups is 1. The highest BCUT2D eigenvalue weighted by molar-refractivity contribution is 7.47. The van der Waals surface area contributed by atoms with Crippen molar-refractivity contribution in [3.05, 3.63) is 72.9 Å². The first-order valence-electron chi connectivity index (χ1n) is 18.9. The highest BCUT2D eigenvalue weighted by Gasteiger charge is 2.25. The van der Waals surface area contributed by atoms with Crippen LogP contribution in [0.1, 0.15) is 136 Å². The summed E-state index contributed by atoms with van der Waals surface area (Å²) in [4.78, 5) is 34.6. The van der Waals surface area contributed by atoms with E-state index in [0.29, 0.717) is 12.8 Å². The number of unbranched alkanes of at least 4 members (excludes halogenated alkanes) is 9. The number of phosphoric acid groups is 1. The van der Waals surface area contributed by atoms with Gasteiger partial charge in [0, 0.05) is 19.4 Å². The first-order chi connectivity index (χ1) is 24.3. The Kier molecular flexibility index (Phi) is 34.4. The van der Waals surface area contributed by atoms with Gasteiger partial charge >= 0.3 is 19.8 Å². The third-order valence-corrected chi connectivity index (χ3v) is 8.32. The molecule has 10 heteroatoms. The van der Waals surface area contributed by atoms with Gasteiger partial charge in [-0.2, -0.15) is 0 Å². The lowest BCUT2D eigenvalue weighted by atomic mass is 10.1. The number of nitrogens with two attached hydrogens (primary N) is 1. The van der Waals surface area contributed by atoms with Crippen molar-refractivity contribution in [2.45, 2.75) is 142 Å². The third kappa shape index (κ3) is 35.3. The molecule has 0 spiro atoms. The van der Waals surface area contributed by atoms with Crippen LogP contribution in [0.25, 0.3) is 0 Å². The average molecular weight is 722 g/mol. The van der Waals surface area contributed by atoms with E-state index in [1.807, 2.05) is 12.2 Å². The van der Waals surface area contributed by atoms with Crippen LogP contribution in [-0.4, -0.2) is 49.3 Å². The maximum atomic E-state index is 12.5. The van der Waals surface area contributed by atoms with E-state index in [-0.39, 0.29) is 32.6 Å². The van der Waals surface area contributed by atoms with Crippen molar-refractivity contribution in [1.82, 2.24) is 0 Å². The zero-order chi connectivity index (χ0) is 36.8. The Morgan fingerprint density at radius 2 is 1.14 bits per heavy atom. The van der Waals surface area contributed by atoms with Gasteiger partial charge in [0.15, 0.2) is 6.10 Å². The van der Waals surface area contributed by atoms with Crippen molar-refractivity contribution in [2.24, 2.45) is 5.73 Å². The molecule has 0 aromatic carbocycles. The van der Waals surface area contributed by atoms with Gasteiger partial charge in [0.25, 0.3) is 0 Å². The molecule has 2 atom stereocenters. The second kappa shape index (κ2) is 36.2. The fourth-order valence-corrected chi connectivity index (χ4v) is 5.32. The predicted octanol–water partition coefficient (Wildman–Crippen LogP) is 10.3. The zero-order valence-corrected chi connectivity index (χ0v) is 32.0. The Hall–Kier alpha value is -2.55. The Morgan fingerprint density at radius 1 is 0.620 bits per heavy atom. The predicted molar refractivity (Wildman–Crippen MR) is 206 cm³/mol. The molecule has 0 aliphatic heterocycles. The van der Waals surface area contributed by atoms with Crippen LogP contribution in [0.3, 0.4) is 0 Å². The van der Waals surface area contributed by atoms with Crippen molar-refractivity contribution in [3.63, 3.8) is 0 Å². The molecule has 0 fully saturated rings. The van der Waals surface area contributed by atoms with Gasteiger partial charge in [-0.3, -0.25) is 18.6 Å². The number of carbonyl (C=O) groups excluding carboxylic acids is 2. The van der Waals surface area contributed by atoms with E-state index in [2.05, 4.69) is 74.6 Å². The molecule has 0 amide bonds. The molecule has 9 nitrogen and oxygen atoms in total. The first kappa shape index (κ1) is 47.4. The molecule has 0 heterocycles. The molecule has 0 radical (unpaired) electrons. The minimum Gasteiger partial charge on any atom is -0.462 e. The largest absolute Gasteiger partial charge is 0.472 e. The zero-order valence-electron chi connectivity index (χ0n) is 31.1. The van der Waals surface area contributed by atoms with Crippen LogP contribution < -0.4 is 5.73 Å². The van der Waals surface area contributed by atoms with Crippen molar-refractivity contribution in [3.8, 4) is 0 Å². The smallest absolute Gasteiger partial charge is 0.462 e. The molecule has 3 N–H and O–H groups in total. The lowest BCUT2D eigenvalue weighted by Gasteiger charge is -2.19. The van der Waals surface area contributed by atoms with E-state index in [1.54, 1.807) is 0 Å². The van der Waals surface area contributed by atoms with Crippen LogP contribution >= 0.6 is 7.82 Å². The number of rotatable bonds is 34.